The molecule has 1 aliphatic carbocycles. The Morgan fingerprint density at radius 3 is 2.32 bits per heavy atom. The van der Waals surface area contributed by atoms with Gasteiger partial charge in [0.25, 0.3) is 0 Å². The molecule has 2 rings (SSSR count). The highest BCUT2D eigenvalue weighted by Gasteiger charge is 2.52. The molecule has 0 heterocycles. The van der Waals surface area contributed by atoms with Gasteiger partial charge in [-0.15, -0.1) is 0 Å². The molecule has 0 radical (unpaired) electrons. The third-order valence-corrected chi connectivity index (χ3v) is 4.59. The van der Waals surface area contributed by atoms with Crippen LogP contribution in [0.4, 0.5) is 0 Å². The molecule has 19 heavy (non-hydrogen) atoms. The average molecular weight is 326 g/mol. The quantitative estimate of drug-likeness (QED) is 0.894. The second-order valence-corrected chi connectivity index (χ2v) is 6.86. The summed E-state index contributed by atoms with van der Waals surface area (Å²) in [6, 6.07) is 7.91. The van der Waals surface area contributed by atoms with Gasteiger partial charge >= 0.3 is 0 Å². The summed E-state index contributed by atoms with van der Waals surface area (Å²) in [5.74, 6) is 0.0146. The molecule has 1 aliphatic rings. The van der Waals surface area contributed by atoms with Gasteiger partial charge in [-0.05, 0) is 51.3 Å². The fourth-order valence-corrected chi connectivity index (χ4v) is 2.32. The van der Waals surface area contributed by atoms with E-state index in [0.29, 0.717) is 0 Å². The second kappa shape index (κ2) is 4.91. The molecule has 0 bridgehead atoms. The Morgan fingerprint density at radius 2 is 1.89 bits per heavy atom. The number of aliphatic hydroxyl groups excluding tert-OH is 1. The zero-order valence-corrected chi connectivity index (χ0v) is 13.1. The molecule has 4 heteroatoms. The number of carbonyl (C=O) groups excluding carboxylic acids is 1. The fraction of sp³-hybridized carbons (Fsp3) is 0.533. The van der Waals surface area contributed by atoms with Crippen LogP contribution in [-0.2, 0) is 10.2 Å². The number of nitrogens with one attached hydrogen (secondary N) is 1. The minimum Gasteiger partial charge on any atom is -0.391 e. The van der Waals surface area contributed by atoms with Gasteiger partial charge in [0.2, 0.25) is 5.91 Å². The van der Waals surface area contributed by atoms with Crippen LogP contribution < -0.4 is 5.32 Å². The van der Waals surface area contributed by atoms with Crippen molar-refractivity contribution in [1.29, 1.82) is 0 Å². The van der Waals surface area contributed by atoms with E-state index in [0.717, 1.165) is 22.9 Å². The Bertz CT molecular complexity index is 475. The van der Waals surface area contributed by atoms with Gasteiger partial charge in [0.1, 0.15) is 0 Å². The molecule has 1 fully saturated rings. The molecule has 2 N–H and O–H groups in total. The van der Waals surface area contributed by atoms with E-state index in [4.69, 9.17) is 0 Å². The van der Waals surface area contributed by atoms with Gasteiger partial charge in [0, 0.05) is 4.47 Å². The topological polar surface area (TPSA) is 49.3 Å². The number of aliphatic hydroxyl groups is 1. The first-order valence-electron chi connectivity index (χ1n) is 6.55. The molecule has 1 aromatic carbocycles. The third-order valence-electron chi connectivity index (χ3n) is 4.06. The lowest BCUT2D eigenvalue weighted by molar-refractivity contribution is -0.126. The molecule has 0 aromatic heterocycles. The maximum atomic E-state index is 12.5. The summed E-state index contributed by atoms with van der Waals surface area (Å²) in [5, 5.41) is 12.7. The predicted octanol–water partition coefficient (Wildman–Crippen LogP) is 2.76. The van der Waals surface area contributed by atoms with E-state index in [1.54, 1.807) is 6.92 Å². The lowest BCUT2D eigenvalue weighted by atomic mass is 9.92. The average Bonchev–Trinajstić information content (AvgIpc) is 3.10. The molecule has 3 nitrogen and oxygen atoms in total. The molecule has 0 spiro atoms. The number of hydrogen-bond donors (Lipinski definition) is 2. The normalized spacial score (nSPS) is 18.8. The van der Waals surface area contributed by atoms with Crippen molar-refractivity contribution in [3.63, 3.8) is 0 Å². The number of hydrogen-bond acceptors (Lipinski definition) is 2. The van der Waals surface area contributed by atoms with E-state index < -0.39 is 17.1 Å². The highest BCUT2D eigenvalue weighted by Crippen LogP contribution is 2.48. The van der Waals surface area contributed by atoms with Crippen LogP contribution in [0.2, 0.25) is 0 Å². The summed E-state index contributed by atoms with van der Waals surface area (Å²) in [6.45, 7) is 5.37. The number of benzene rings is 1. The number of carbonyl (C=O) groups is 1. The summed E-state index contributed by atoms with van der Waals surface area (Å²) in [6.07, 6.45) is 1.16. The Hall–Kier alpha value is -0.870. The van der Waals surface area contributed by atoms with Crippen LogP contribution in [0.5, 0.6) is 0 Å². The van der Waals surface area contributed by atoms with Crippen LogP contribution in [-0.4, -0.2) is 22.7 Å². The van der Waals surface area contributed by atoms with Crippen LogP contribution in [0.25, 0.3) is 0 Å². The standard InChI is InChI=1S/C15H20BrNO2/c1-10(18)14(2,3)17-13(19)15(8-9-15)11-4-6-12(16)7-5-11/h4-7,10,18H,8-9H2,1-3H3,(H,17,19). The van der Waals surface area contributed by atoms with Crippen molar-refractivity contribution >= 4 is 21.8 Å². The number of rotatable bonds is 4. The Balaban J connectivity index is 2.17. The van der Waals surface area contributed by atoms with Crippen molar-refractivity contribution in [3.05, 3.63) is 34.3 Å². The monoisotopic (exact) mass is 325 g/mol. The molecule has 1 aromatic rings. The molecule has 1 unspecified atom stereocenters. The maximum Gasteiger partial charge on any atom is 0.231 e. The molecule has 104 valence electrons. The van der Waals surface area contributed by atoms with Crippen molar-refractivity contribution in [1.82, 2.24) is 5.32 Å². The van der Waals surface area contributed by atoms with E-state index in [-0.39, 0.29) is 5.91 Å². The molecule has 1 atom stereocenters. The molecular weight excluding hydrogens is 306 g/mol. The second-order valence-electron chi connectivity index (χ2n) is 5.94. The van der Waals surface area contributed by atoms with E-state index in [1.807, 2.05) is 38.1 Å². The van der Waals surface area contributed by atoms with E-state index in [1.165, 1.54) is 0 Å². The third kappa shape index (κ3) is 2.84. The minimum absolute atomic E-state index is 0.0146. The SMILES string of the molecule is CC(O)C(C)(C)NC(=O)C1(c2ccc(Br)cc2)CC1. The molecule has 0 aliphatic heterocycles. The smallest absolute Gasteiger partial charge is 0.231 e. The van der Waals surface area contributed by atoms with Crippen LogP contribution in [0.15, 0.2) is 28.7 Å². The Kier molecular flexibility index (Phi) is 3.76. The molecule has 0 saturated heterocycles. The highest BCUT2D eigenvalue weighted by molar-refractivity contribution is 9.10. The summed E-state index contributed by atoms with van der Waals surface area (Å²) < 4.78 is 1.01. The summed E-state index contributed by atoms with van der Waals surface area (Å²) in [5.41, 5.74) is 0.0455. The first-order valence-corrected chi connectivity index (χ1v) is 7.34. The molecule has 1 amide bonds. The molecular formula is C15H20BrNO2. The molecule has 1 saturated carbocycles. The van der Waals surface area contributed by atoms with Gasteiger partial charge in [0.05, 0.1) is 17.1 Å². The van der Waals surface area contributed by atoms with Crippen molar-refractivity contribution in [2.24, 2.45) is 0 Å². The fourth-order valence-electron chi connectivity index (χ4n) is 2.06. The van der Waals surface area contributed by atoms with Crippen molar-refractivity contribution < 1.29 is 9.90 Å². The van der Waals surface area contributed by atoms with Crippen LogP contribution in [0.3, 0.4) is 0 Å². The maximum absolute atomic E-state index is 12.5. The van der Waals surface area contributed by atoms with E-state index >= 15 is 0 Å². The minimum atomic E-state index is -0.609. The van der Waals surface area contributed by atoms with E-state index in [9.17, 15) is 9.90 Å². The number of halogens is 1. The number of amides is 1. The van der Waals surface area contributed by atoms with Crippen LogP contribution in [0, 0.1) is 0 Å². The van der Waals surface area contributed by atoms with Gasteiger partial charge in [-0.3, -0.25) is 4.79 Å². The van der Waals surface area contributed by atoms with Crippen LogP contribution >= 0.6 is 15.9 Å². The van der Waals surface area contributed by atoms with E-state index in [2.05, 4.69) is 21.2 Å². The van der Waals surface area contributed by atoms with Gasteiger partial charge in [-0.25, -0.2) is 0 Å². The van der Waals surface area contributed by atoms with Crippen molar-refractivity contribution in [2.45, 2.75) is 50.7 Å². The van der Waals surface area contributed by atoms with Gasteiger partial charge in [0.15, 0.2) is 0 Å². The summed E-state index contributed by atoms with van der Waals surface area (Å²) >= 11 is 3.40. The van der Waals surface area contributed by atoms with Crippen molar-refractivity contribution in [3.8, 4) is 0 Å². The van der Waals surface area contributed by atoms with Gasteiger partial charge < -0.3 is 10.4 Å². The van der Waals surface area contributed by atoms with Gasteiger partial charge in [-0.1, -0.05) is 28.1 Å². The highest BCUT2D eigenvalue weighted by atomic mass is 79.9. The van der Waals surface area contributed by atoms with Crippen LogP contribution in [0.1, 0.15) is 39.2 Å². The lowest BCUT2D eigenvalue weighted by Crippen LogP contribution is -2.53. The lowest BCUT2D eigenvalue weighted by Gasteiger charge is -2.31. The Morgan fingerprint density at radius 1 is 1.37 bits per heavy atom. The Labute approximate surface area is 122 Å². The first kappa shape index (κ1) is 14.5. The zero-order chi connectivity index (χ0) is 14.3. The van der Waals surface area contributed by atoms with Gasteiger partial charge in [-0.2, -0.15) is 0 Å². The predicted molar refractivity (Wildman–Crippen MR) is 79.0 cm³/mol. The largest absolute Gasteiger partial charge is 0.391 e. The summed E-state index contributed by atoms with van der Waals surface area (Å²) in [4.78, 5) is 12.5. The van der Waals surface area contributed by atoms with Crippen molar-refractivity contribution in [2.75, 3.05) is 0 Å². The first-order chi connectivity index (χ1) is 8.78. The summed E-state index contributed by atoms with van der Waals surface area (Å²) in [7, 11) is 0. The zero-order valence-electron chi connectivity index (χ0n) is 11.5.